The Balaban J connectivity index is 2.41. The van der Waals surface area contributed by atoms with Crippen molar-refractivity contribution >= 4 is 11.3 Å². The van der Waals surface area contributed by atoms with Crippen LogP contribution in [-0.2, 0) is 6.54 Å². The summed E-state index contributed by atoms with van der Waals surface area (Å²) in [5, 5.41) is 11.8. The van der Waals surface area contributed by atoms with Crippen LogP contribution in [0.15, 0.2) is 5.38 Å². The summed E-state index contributed by atoms with van der Waals surface area (Å²) < 4.78 is 0. The molecule has 0 unspecified atom stereocenters. The highest BCUT2D eigenvalue weighted by atomic mass is 32.1. The van der Waals surface area contributed by atoms with E-state index in [2.05, 4.69) is 9.88 Å². The lowest BCUT2D eigenvalue weighted by atomic mass is 10.5. The lowest BCUT2D eigenvalue weighted by Gasteiger charge is -2.12. The van der Waals surface area contributed by atoms with Crippen molar-refractivity contribution in [3.05, 3.63) is 16.1 Å². The van der Waals surface area contributed by atoms with Crippen molar-refractivity contribution in [3.8, 4) is 0 Å². The van der Waals surface area contributed by atoms with Crippen molar-refractivity contribution in [3.63, 3.8) is 0 Å². The average Bonchev–Trinajstić information content (AvgIpc) is 2.36. The Morgan fingerprint density at radius 3 is 2.92 bits per heavy atom. The van der Waals surface area contributed by atoms with Crippen LogP contribution in [-0.4, -0.2) is 35.2 Å². The molecule has 0 aromatic carbocycles. The van der Waals surface area contributed by atoms with Crippen molar-refractivity contribution in [2.45, 2.75) is 13.5 Å². The standard InChI is InChI=1S/C8H14N2OS/c1-7-6-12-8(9-7)5-10(2)3-4-11/h6,11H,3-5H2,1-2H3. The monoisotopic (exact) mass is 186 g/mol. The molecule has 0 saturated carbocycles. The minimum atomic E-state index is 0.209. The second-order valence-corrected chi connectivity index (χ2v) is 3.79. The SMILES string of the molecule is Cc1csc(CN(C)CCO)n1. The Morgan fingerprint density at radius 1 is 1.67 bits per heavy atom. The molecule has 68 valence electrons. The van der Waals surface area contributed by atoms with Crippen LogP contribution < -0.4 is 0 Å². The fourth-order valence-electron chi connectivity index (χ4n) is 0.956. The van der Waals surface area contributed by atoms with Gasteiger partial charge in [-0.1, -0.05) is 0 Å². The smallest absolute Gasteiger partial charge is 0.107 e. The van der Waals surface area contributed by atoms with Gasteiger partial charge >= 0.3 is 0 Å². The first-order valence-corrected chi connectivity index (χ1v) is 4.80. The quantitative estimate of drug-likeness (QED) is 0.758. The molecule has 3 nitrogen and oxygen atoms in total. The third-order valence-electron chi connectivity index (χ3n) is 1.55. The molecule has 12 heavy (non-hydrogen) atoms. The molecule has 0 aliphatic rings. The van der Waals surface area contributed by atoms with E-state index in [0.717, 1.165) is 17.2 Å². The first-order valence-electron chi connectivity index (χ1n) is 3.93. The van der Waals surface area contributed by atoms with E-state index < -0.39 is 0 Å². The summed E-state index contributed by atoms with van der Waals surface area (Å²) in [5.41, 5.74) is 1.08. The number of aromatic nitrogens is 1. The van der Waals surface area contributed by atoms with Gasteiger partial charge in [-0.05, 0) is 14.0 Å². The first-order chi connectivity index (χ1) is 5.72. The van der Waals surface area contributed by atoms with E-state index in [0.29, 0.717) is 6.54 Å². The second kappa shape index (κ2) is 4.54. The van der Waals surface area contributed by atoms with Gasteiger partial charge < -0.3 is 5.11 Å². The molecule has 0 spiro atoms. The molecule has 1 aromatic rings. The number of hydrogen-bond acceptors (Lipinski definition) is 4. The zero-order valence-electron chi connectivity index (χ0n) is 7.45. The highest BCUT2D eigenvalue weighted by Gasteiger charge is 2.02. The van der Waals surface area contributed by atoms with Crippen molar-refractivity contribution in [1.82, 2.24) is 9.88 Å². The molecule has 1 heterocycles. The van der Waals surface area contributed by atoms with Gasteiger partial charge in [-0.25, -0.2) is 4.98 Å². The van der Waals surface area contributed by atoms with Crippen molar-refractivity contribution in [1.29, 1.82) is 0 Å². The highest BCUT2D eigenvalue weighted by Crippen LogP contribution is 2.10. The van der Waals surface area contributed by atoms with E-state index in [1.54, 1.807) is 11.3 Å². The maximum absolute atomic E-state index is 8.66. The Hall–Kier alpha value is -0.450. The topological polar surface area (TPSA) is 36.4 Å². The minimum absolute atomic E-state index is 0.209. The van der Waals surface area contributed by atoms with Gasteiger partial charge in [0.25, 0.3) is 0 Å². The van der Waals surface area contributed by atoms with Crippen LogP contribution in [0.3, 0.4) is 0 Å². The van der Waals surface area contributed by atoms with Crippen LogP contribution >= 0.6 is 11.3 Å². The fourth-order valence-corrected chi connectivity index (χ4v) is 1.81. The molecule has 0 aliphatic heterocycles. The van der Waals surface area contributed by atoms with Gasteiger partial charge in [-0.2, -0.15) is 0 Å². The van der Waals surface area contributed by atoms with Crippen molar-refractivity contribution in [2.75, 3.05) is 20.2 Å². The molecular weight excluding hydrogens is 172 g/mol. The number of aryl methyl sites for hydroxylation is 1. The molecule has 0 atom stereocenters. The number of rotatable bonds is 4. The molecule has 4 heteroatoms. The number of likely N-dealkylation sites (N-methyl/N-ethyl adjacent to an activating group) is 1. The Labute approximate surface area is 76.7 Å². The minimum Gasteiger partial charge on any atom is -0.395 e. The van der Waals surface area contributed by atoms with Gasteiger partial charge in [0.2, 0.25) is 0 Å². The van der Waals surface area contributed by atoms with E-state index in [-0.39, 0.29) is 6.61 Å². The molecule has 1 aromatic heterocycles. The average molecular weight is 186 g/mol. The highest BCUT2D eigenvalue weighted by molar-refractivity contribution is 7.09. The summed E-state index contributed by atoms with van der Waals surface area (Å²) in [6, 6.07) is 0. The molecule has 0 amide bonds. The summed E-state index contributed by atoms with van der Waals surface area (Å²) in [4.78, 5) is 6.38. The first kappa shape index (κ1) is 9.64. The lowest BCUT2D eigenvalue weighted by Crippen LogP contribution is -2.21. The number of hydrogen-bond donors (Lipinski definition) is 1. The fraction of sp³-hybridized carbons (Fsp3) is 0.625. The van der Waals surface area contributed by atoms with Gasteiger partial charge in [0.05, 0.1) is 13.2 Å². The van der Waals surface area contributed by atoms with Crippen molar-refractivity contribution < 1.29 is 5.11 Å². The molecule has 1 N–H and O–H groups in total. The molecular formula is C8H14N2OS. The molecule has 0 radical (unpaired) electrons. The van der Waals surface area contributed by atoms with Crippen LogP contribution in [0.1, 0.15) is 10.7 Å². The molecule has 1 rings (SSSR count). The van der Waals surface area contributed by atoms with Crippen LogP contribution in [0.5, 0.6) is 0 Å². The van der Waals surface area contributed by atoms with Gasteiger partial charge in [0.1, 0.15) is 5.01 Å². The number of nitrogens with zero attached hydrogens (tertiary/aromatic N) is 2. The third-order valence-corrected chi connectivity index (χ3v) is 2.50. The Morgan fingerprint density at radius 2 is 2.42 bits per heavy atom. The van der Waals surface area contributed by atoms with Gasteiger partial charge in [-0.15, -0.1) is 11.3 Å². The van der Waals surface area contributed by atoms with E-state index in [4.69, 9.17) is 5.11 Å². The van der Waals surface area contributed by atoms with E-state index >= 15 is 0 Å². The van der Waals surface area contributed by atoms with Crippen LogP contribution in [0.25, 0.3) is 0 Å². The maximum atomic E-state index is 8.66. The normalized spacial score (nSPS) is 11.0. The number of aliphatic hydroxyl groups is 1. The van der Waals surface area contributed by atoms with Crippen LogP contribution in [0.4, 0.5) is 0 Å². The zero-order chi connectivity index (χ0) is 8.97. The largest absolute Gasteiger partial charge is 0.395 e. The molecule has 0 bridgehead atoms. The van der Waals surface area contributed by atoms with Gasteiger partial charge in [0.15, 0.2) is 0 Å². The third kappa shape index (κ3) is 2.89. The zero-order valence-corrected chi connectivity index (χ0v) is 8.27. The van der Waals surface area contributed by atoms with Gasteiger partial charge in [0, 0.05) is 17.6 Å². The predicted octanol–water partition coefficient (Wildman–Crippen LogP) is 0.876. The second-order valence-electron chi connectivity index (χ2n) is 2.84. The number of thiazole rings is 1. The Kier molecular flexibility index (Phi) is 3.65. The summed E-state index contributed by atoms with van der Waals surface area (Å²) >= 11 is 1.67. The Bertz CT molecular complexity index is 237. The van der Waals surface area contributed by atoms with E-state index in [9.17, 15) is 0 Å². The lowest BCUT2D eigenvalue weighted by molar-refractivity contribution is 0.217. The summed E-state index contributed by atoms with van der Waals surface area (Å²) in [6.45, 7) is 3.74. The van der Waals surface area contributed by atoms with Crippen molar-refractivity contribution in [2.24, 2.45) is 0 Å². The summed E-state index contributed by atoms with van der Waals surface area (Å²) in [6.07, 6.45) is 0. The van der Waals surface area contributed by atoms with E-state index in [1.807, 2.05) is 19.4 Å². The van der Waals surface area contributed by atoms with Gasteiger partial charge in [-0.3, -0.25) is 4.90 Å². The maximum Gasteiger partial charge on any atom is 0.107 e. The summed E-state index contributed by atoms with van der Waals surface area (Å²) in [7, 11) is 1.98. The predicted molar refractivity (Wildman–Crippen MR) is 50.3 cm³/mol. The van der Waals surface area contributed by atoms with Crippen LogP contribution in [0.2, 0.25) is 0 Å². The summed E-state index contributed by atoms with van der Waals surface area (Å²) in [5.74, 6) is 0. The molecule has 0 aliphatic carbocycles. The number of aliphatic hydroxyl groups excluding tert-OH is 1. The molecule has 0 fully saturated rings. The van der Waals surface area contributed by atoms with Crippen LogP contribution in [0, 0.1) is 6.92 Å². The molecule has 0 saturated heterocycles. The van der Waals surface area contributed by atoms with E-state index in [1.165, 1.54) is 0 Å².